The predicted molar refractivity (Wildman–Crippen MR) is 94.9 cm³/mol. The Bertz CT molecular complexity index is 497. The van der Waals surface area contributed by atoms with Crippen molar-refractivity contribution in [2.45, 2.75) is 51.5 Å². The summed E-state index contributed by atoms with van der Waals surface area (Å²) >= 11 is 0. The zero-order chi connectivity index (χ0) is 17.6. The highest BCUT2D eigenvalue weighted by molar-refractivity contribution is 7.86. The topological polar surface area (TPSA) is 73.0 Å². The number of nitrogens with zero attached hydrogens (tertiary/aromatic N) is 3. The summed E-state index contributed by atoms with van der Waals surface area (Å²) in [4.78, 5) is 13.8. The first-order valence-electron chi connectivity index (χ1n) is 9.17. The average molecular weight is 361 g/mol. The predicted octanol–water partition coefficient (Wildman–Crippen LogP) is 0.640. The number of nitrogens with one attached hydrogen (secondary N) is 1. The van der Waals surface area contributed by atoms with Crippen LogP contribution in [0.3, 0.4) is 0 Å². The molecule has 0 unspecified atom stereocenters. The Kier molecular flexibility index (Phi) is 7.46. The molecular weight excluding hydrogens is 328 g/mol. The highest BCUT2D eigenvalue weighted by Crippen LogP contribution is 2.25. The van der Waals surface area contributed by atoms with Gasteiger partial charge >= 0.3 is 0 Å². The van der Waals surface area contributed by atoms with Crippen molar-refractivity contribution >= 4 is 16.1 Å². The zero-order valence-corrected chi connectivity index (χ0v) is 15.9. The number of piperazine rings is 1. The first-order valence-corrected chi connectivity index (χ1v) is 10.6. The molecule has 1 aliphatic carbocycles. The molecule has 0 bridgehead atoms. The van der Waals surface area contributed by atoms with Gasteiger partial charge in [0.2, 0.25) is 5.91 Å². The Labute approximate surface area is 146 Å². The molecule has 1 saturated carbocycles. The molecule has 0 spiro atoms. The highest BCUT2D eigenvalue weighted by Gasteiger charge is 2.34. The first-order chi connectivity index (χ1) is 11.4. The molecule has 2 aliphatic rings. The minimum Gasteiger partial charge on any atom is -0.355 e. The Morgan fingerprint density at radius 3 is 2.33 bits per heavy atom. The molecule has 0 radical (unpaired) electrons. The number of carbonyl (C=O) groups excluding carboxylic acids is 1. The van der Waals surface area contributed by atoms with Crippen molar-refractivity contribution in [3.8, 4) is 0 Å². The van der Waals surface area contributed by atoms with Gasteiger partial charge in [-0.05, 0) is 19.3 Å². The number of amides is 1. The summed E-state index contributed by atoms with van der Waals surface area (Å²) in [5, 5.41) is 2.86. The zero-order valence-electron chi connectivity index (χ0n) is 15.0. The molecule has 1 aliphatic heterocycles. The lowest BCUT2D eigenvalue weighted by Gasteiger charge is -2.38. The van der Waals surface area contributed by atoms with Crippen LogP contribution in [0.1, 0.15) is 45.4 Å². The van der Waals surface area contributed by atoms with E-state index in [9.17, 15) is 13.2 Å². The van der Waals surface area contributed by atoms with E-state index in [0.717, 1.165) is 32.1 Å². The monoisotopic (exact) mass is 360 g/mol. The van der Waals surface area contributed by atoms with Gasteiger partial charge in [-0.1, -0.05) is 26.2 Å². The standard InChI is InChI=1S/C16H32N4O3S/c1-3-9-17-16(21)14-19-10-12-20(13-11-19)24(22,23)18(2)15-7-5-4-6-8-15/h15H,3-14H2,1-2H3,(H,17,21). The van der Waals surface area contributed by atoms with E-state index in [2.05, 4.69) is 5.32 Å². The van der Waals surface area contributed by atoms with Crippen LogP contribution >= 0.6 is 0 Å². The highest BCUT2D eigenvalue weighted by atomic mass is 32.2. The third kappa shape index (κ3) is 5.15. The smallest absolute Gasteiger partial charge is 0.282 e. The van der Waals surface area contributed by atoms with Gasteiger partial charge in [-0.15, -0.1) is 0 Å². The van der Waals surface area contributed by atoms with Gasteiger partial charge in [-0.25, -0.2) is 0 Å². The van der Waals surface area contributed by atoms with Crippen molar-refractivity contribution in [2.24, 2.45) is 0 Å². The van der Waals surface area contributed by atoms with E-state index in [0.29, 0.717) is 39.3 Å². The van der Waals surface area contributed by atoms with Crippen molar-refractivity contribution in [2.75, 3.05) is 46.3 Å². The van der Waals surface area contributed by atoms with Crippen LogP contribution in [0.15, 0.2) is 0 Å². The largest absolute Gasteiger partial charge is 0.355 e. The lowest BCUT2D eigenvalue weighted by atomic mass is 9.96. The average Bonchev–Trinajstić information content (AvgIpc) is 2.60. The minimum atomic E-state index is -3.39. The molecule has 1 amide bonds. The summed E-state index contributed by atoms with van der Waals surface area (Å²) in [6.07, 6.45) is 6.30. The van der Waals surface area contributed by atoms with E-state index in [1.807, 2.05) is 11.8 Å². The summed E-state index contributed by atoms with van der Waals surface area (Å²) in [7, 11) is -1.67. The second kappa shape index (κ2) is 9.12. The first kappa shape index (κ1) is 19.6. The van der Waals surface area contributed by atoms with Crippen LogP contribution in [-0.2, 0) is 15.0 Å². The van der Waals surface area contributed by atoms with Gasteiger partial charge in [0.1, 0.15) is 0 Å². The van der Waals surface area contributed by atoms with Gasteiger partial charge in [-0.3, -0.25) is 9.69 Å². The van der Waals surface area contributed by atoms with E-state index in [-0.39, 0.29) is 11.9 Å². The molecule has 0 aromatic heterocycles. The van der Waals surface area contributed by atoms with Crippen molar-refractivity contribution < 1.29 is 13.2 Å². The number of hydrogen-bond acceptors (Lipinski definition) is 4. The molecule has 0 aromatic carbocycles. The van der Waals surface area contributed by atoms with Gasteiger partial charge < -0.3 is 5.32 Å². The summed E-state index contributed by atoms with van der Waals surface area (Å²) in [5.74, 6) is 0.0208. The SMILES string of the molecule is CCCNC(=O)CN1CCN(S(=O)(=O)N(C)C2CCCCC2)CC1. The van der Waals surface area contributed by atoms with E-state index in [4.69, 9.17) is 0 Å². The minimum absolute atomic E-state index is 0.0208. The van der Waals surface area contributed by atoms with Gasteiger partial charge in [0.15, 0.2) is 0 Å². The van der Waals surface area contributed by atoms with Crippen LogP contribution in [0.4, 0.5) is 0 Å². The fraction of sp³-hybridized carbons (Fsp3) is 0.938. The Morgan fingerprint density at radius 1 is 1.12 bits per heavy atom. The molecule has 24 heavy (non-hydrogen) atoms. The number of hydrogen-bond donors (Lipinski definition) is 1. The van der Waals surface area contributed by atoms with Crippen molar-refractivity contribution in [1.82, 2.24) is 18.8 Å². The summed E-state index contributed by atoms with van der Waals surface area (Å²) in [6, 6.07) is 0.140. The molecule has 2 fully saturated rings. The summed E-state index contributed by atoms with van der Waals surface area (Å²) < 4.78 is 28.8. The van der Waals surface area contributed by atoms with Crippen LogP contribution in [0, 0.1) is 0 Å². The third-order valence-electron chi connectivity index (χ3n) is 5.05. The molecule has 1 heterocycles. The molecule has 8 heteroatoms. The van der Waals surface area contributed by atoms with Gasteiger partial charge in [0.05, 0.1) is 6.54 Å². The lowest BCUT2D eigenvalue weighted by molar-refractivity contribution is -0.122. The Morgan fingerprint density at radius 2 is 1.75 bits per heavy atom. The second-order valence-electron chi connectivity index (χ2n) is 6.84. The molecular formula is C16H32N4O3S. The van der Waals surface area contributed by atoms with Crippen LogP contribution in [-0.4, -0.2) is 80.2 Å². The van der Waals surface area contributed by atoms with Gasteiger partial charge in [-0.2, -0.15) is 17.0 Å². The summed E-state index contributed by atoms with van der Waals surface area (Å²) in [5.41, 5.74) is 0. The molecule has 1 saturated heterocycles. The summed E-state index contributed by atoms with van der Waals surface area (Å²) in [6.45, 7) is 5.20. The van der Waals surface area contributed by atoms with E-state index < -0.39 is 10.2 Å². The third-order valence-corrected chi connectivity index (χ3v) is 7.09. The Balaban J connectivity index is 1.82. The van der Waals surface area contributed by atoms with Crippen LogP contribution in [0.2, 0.25) is 0 Å². The molecule has 2 rings (SSSR count). The maximum Gasteiger partial charge on any atom is 0.282 e. The number of rotatable bonds is 7. The van der Waals surface area contributed by atoms with Gasteiger partial charge in [0.25, 0.3) is 10.2 Å². The second-order valence-corrected chi connectivity index (χ2v) is 8.83. The molecule has 0 aromatic rings. The Hall–Kier alpha value is -0.700. The van der Waals surface area contributed by atoms with Crippen molar-refractivity contribution in [3.05, 3.63) is 0 Å². The fourth-order valence-electron chi connectivity index (χ4n) is 3.46. The van der Waals surface area contributed by atoms with E-state index in [1.165, 1.54) is 6.42 Å². The van der Waals surface area contributed by atoms with Crippen LogP contribution in [0.5, 0.6) is 0 Å². The van der Waals surface area contributed by atoms with Crippen LogP contribution in [0.25, 0.3) is 0 Å². The van der Waals surface area contributed by atoms with Crippen molar-refractivity contribution in [3.63, 3.8) is 0 Å². The normalized spacial score (nSPS) is 22.0. The van der Waals surface area contributed by atoms with E-state index >= 15 is 0 Å². The molecule has 140 valence electrons. The van der Waals surface area contributed by atoms with Crippen molar-refractivity contribution in [1.29, 1.82) is 0 Å². The van der Waals surface area contributed by atoms with Crippen LogP contribution < -0.4 is 5.32 Å². The van der Waals surface area contributed by atoms with E-state index in [1.54, 1.807) is 15.7 Å². The van der Waals surface area contributed by atoms with Gasteiger partial charge in [0, 0.05) is 45.8 Å². The number of carbonyl (C=O) groups is 1. The molecule has 7 nitrogen and oxygen atoms in total. The quantitative estimate of drug-likeness (QED) is 0.723. The fourth-order valence-corrected chi connectivity index (χ4v) is 5.03. The molecule has 0 atom stereocenters. The maximum absolute atomic E-state index is 12.8. The maximum atomic E-state index is 12.8. The lowest BCUT2D eigenvalue weighted by Crippen LogP contribution is -2.55. The molecule has 1 N–H and O–H groups in total.